The van der Waals surface area contributed by atoms with E-state index in [0.717, 1.165) is 24.7 Å². The van der Waals surface area contributed by atoms with Gasteiger partial charge in [0, 0.05) is 29.8 Å². The standard InChI is InChI=1S/C13H19ClN2/c1-3-15-12-6-7-16(9-12)13-8-11(14)5-4-10(13)2/h4-5,8,12,15H,3,6-7,9H2,1-2H3. The van der Waals surface area contributed by atoms with Gasteiger partial charge in [-0.25, -0.2) is 0 Å². The van der Waals surface area contributed by atoms with Crippen LogP contribution in [-0.4, -0.2) is 25.7 Å². The van der Waals surface area contributed by atoms with Crippen molar-refractivity contribution in [1.82, 2.24) is 5.32 Å². The number of hydrogen-bond donors (Lipinski definition) is 1. The first-order valence-electron chi connectivity index (χ1n) is 5.95. The lowest BCUT2D eigenvalue weighted by Gasteiger charge is -2.21. The average Bonchev–Trinajstić information content (AvgIpc) is 2.71. The van der Waals surface area contributed by atoms with Crippen molar-refractivity contribution in [2.75, 3.05) is 24.5 Å². The van der Waals surface area contributed by atoms with Crippen LogP contribution < -0.4 is 10.2 Å². The Kier molecular flexibility index (Phi) is 3.72. The Labute approximate surface area is 103 Å². The summed E-state index contributed by atoms with van der Waals surface area (Å²) in [4.78, 5) is 2.43. The summed E-state index contributed by atoms with van der Waals surface area (Å²) in [7, 11) is 0. The highest BCUT2D eigenvalue weighted by molar-refractivity contribution is 6.30. The maximum Gasteiger partial charge on any atom is 0.0426 e. The SMILES string of the molecule is CCNC1CCN(c2cc(Cl)ccc2C)C1. The van der Waals surface area contributed by atoms with Crippen molar-refractivity contribution < 1.29 is 0 Å². The molecule has 0 aliphatic carbocycles. The molecular formula is C13H19ClN2. The van der Waals surface area contributed by atoms with Gasteiger partial charge >= 0.3 is 0 Å². The summed E-state index contributed by atoms with van der Waals surface area (Å²) in [5, 5.41) is 4.33. The molecule has 1 aliphatic heterocycles. The molecule has 2 nitrogen and oxygen atoms in total. The Hall–Kier alpha value is -0.730. The Morgan fingerprint density at radius 2 is 2.31 bits per heavy atom. The summed E-state index contributed by atoms with van der Waals surface area (Å²) in [6.07, 6.45) is 1.22. The average molecular weight is 239 g/mol. The van der Waals surface area contributed by atoms with Crippen LogP contribution in [0.25, 0.3) is 0 Å². The van der Waals surface area contributed by atoms with Crippen LogP contribution in [0.3, 0.4) is 0 Å². The fourth-order valence-electron chi connectivity index (χ4n) is 2.36. The minimum atomic E-state index is 0.628. The highest BCUT2D eigenvalue weighted by Crippen LogP contribution is 2.27. The molecule has 0 aromatic heterocycles. The second-order valence-electron chi connectivity index (χ2n) is 4.42. The summed E-state index contributed by atoms with van der Waals surface area (Å²) < 4.78 is 0. The normalized spacial score (nSPS) is 20.4. The van der Waals surface area contributed by atoms with E-state index in [9.17, 15) is 0 Å². The number of aryl methyl sites for hydroxylation is 1. The molecule has 1 atom stereocenters. The molecule has 1 saturated heterocycles. The van der Waals surface area contributed by atoms with Gasteiger partial charge in [0.2, 0.25) is 0 Å². The highest BCUT2D eigenvalue weighted by atomic mass is 35.5. The van der Waals surface area contributed by atoms with Gasteiger partial charge in [-0.1, -0.05) is 24.6 Å². The highest BCUT2D eigenvalue weighted by Gasteiger charge is 2.22. The van der Waals surface area contributed by atoms with E-state index >= 15 is 0 Å². The molecular weight excluding hydrogens is 220 g/mol. The molecule has 2 rings (SSSR count). The molecule has 1 aliphatic rings. The summed E-state index contributed by atoms with van der Waals surface area (Å²) >= 11 is 6.05. The number of halogens is 1. The van der Waals surface area contributed by atoms with Gasteiger partial charge in [0.15, 0.2) is 0 Å². The summed E-state index contributed by atoms with van der Waals surface area (Å²) in [6, 6.07) is 6.75. The number of nitrogens with one attached hydrogen (secondary N) is 1. The monoisotopic (exact) mass is 238 g/mol. The molecule has 1 heterocycles. The Morgan fingerprint density at radius 1 is 1.50 bits per heavy atom. The lowest BCUT2D eigenvalue weighted by atomic mass is 10.2. The lowest BCUT2D eigenvalue weighted by molar-refractivity contribution is 0.572. The first-order valence-corrected chi connectivity index (χ1v) is 6.33. The summed E-state index contributed by atoms with van der Waals surface area (Å²) in [5.74, 6) is 0. The third kappa shape index (κ3) is 2.50. The molecule has 1 fully saturated rings. The van der Waals surface area contributed by atoms with E-state index in [4.69, 9.17) is 11.6 Å². The zero-order valence-electron chi connectivity index (χ0n) is 9.96. The van der Waals surface area contributed by atoms with Crippen LogP contribution in [0.2, 0.25) is 5.02 Å². The molecule has 3 heteroatoms. The maximum atomic E-state index is 6.05. The minimum absolute atomic E-state index is 0.628. The van der Waals surface area contributed by atoms with Gasteiger partial charge in [-0.15, -0.1) is 0 Å². The van der Waals surface area contributed by atoms with Crippen molar-refractivity contribution in [2.45, 2.75) is 26.3 Å². The van der Waals surface area contributed by atoms with Gasteiger partial charge in [0.05, 0.1) is 0 Å². The molecule has 1 aromatic carbocycles. The molecule has 16 heavy (non-hydrogen) atoms. The van der Waals surface area contributed by atoms with Crippen LogP contribution in [0, 0.1) is 6.92 Å². The fourth-order valence-corrected chi connectivity index (χ4v) is 2.52. The van der Waals surface area contributed by atoms with Crippen molar-refractivity contribution in [1.29, 1.82) is 0 Å². The van der Waals surface area contributed by atoms with Gasteiger partial charge in [0.25, 0.3) is 0 Å². The van der Waals surface area contributed by atoms with E-state index in [0.29, 0.717) is 6.04 Å². The van der Waals surface area contributed by atoms with E-state index in [-0.39, 0.29) is 0 Å². The summed E-state index contributed by atoms with van der Waals surface area (Å²) in [6.45, 7) is 7.57. The van der Waals surface area contributed by atoms with Crippen LogP contribution in [0.1, 0.15) is 18.9 Å². The van der Waals surface area contributed by atoms with E-state index in [1.54, 1.807) is 0 Å². The number of likely N-dealkylation sites (N-methyl/N-ethyl adjacent to an activating group) is 1. The third-order valence-corrected chi connectivity index (χ3v) is 3.43. The van der Waals surface area contributed by atoms with E-state index < -0.39 is 0 Å². The Morgan fingerprint density at radius 3 is 3.06 bits per heavy atom. The van der Waals surface area contributed by atoms with Gasteiger partial charge in [0.1, 0.15) is 0 Å². The topological polar surface area (TPSA) is 15.3 Å². The molecule has 0 bridgehead atoms. The first-order chi connectivity index (χ1) is 7.70. The van der Waals surface area contributed by atoms with Gasteiger partial charge in [-0.2, -0.15) is 0 Å². The van der Waals surface area contributed by atoms with E-state index in [2.05, 4.69) is 36.2 Å². The van der Waals surface area contributed by atoms with E-state index in [1.807, 2.05) is 6.07 Å². The summed E-state index contributed by atoms with van der Waals surface area (Å²) in [5.41, 5.74) is 2.59. The van der Waals surface area contributed by atoms with Crippen LogP contribution in [0.15, 0.2) is 18.2 Å². The van der Waals surface area contributed by atoms with Gasteiger partial charge in [-0.3, -0.25) is 0 Å². The first kappa shape index (κ1) is 11.7. The quantitative estimate of drug-likeness (QED) is 0.871. The largest absolute Gasteiger partial charge is 0.370 e. The number of rotatable bonds is 3. The van der Waals surface area contributed by atoms with Crippen molar-refractivity contribution in [2.24, 2.45) is 0 Å². The van der Waals surface area contributed by atoms with E-state index in [1.165, 1.54) is 17.7 Å². The molecule has 88 valence electrons. The lowest BCUT2D eigenvalue weighted by Crippen LogP contribution is -2.32. The second-order valence-corrected chi connectivity index (χ2v) is 4.86. The number of hydrogen-bond acceptors (Lipinski definition) is 2. The van der Waals surface area contributed by atoms with Crippen molar-refractivity contribution in [3.63, 3.8) is 0 Å². The van der Waals surface area contributed by atoms with Gasteiger partial charge < -0.3 is 10.2 Å². The molecule has 1 N–H and O–H groups in total. The molecule has 0 amide bonds. The number of benzene rings is 1. The van der Waals surface area contributed by atoms with Crippen LogP contribution in [0.5, 0.6) is 0 Å². The molecule has 0 radical (unpaired) electrons. The van der Waals surface area contributed by atoms with Crippen molar-refractivity contribution >= 4 is 17.3 Å². The predicted octanol–water partition coefficient (Wildman–Crippen LogP) is 2.84. The number of anilines is 1. The molecule has 1 aromatic rings. The van der Waals surface area contributed by atoms with Crippen molar-refractivity contribution in [3.05, 3.63) is 28.8 Å². The maximum absolute atomic E-state index is 6.05. The molecule has 0 spiro atoms. The predicted molar refractivity (Wildman–Crippen MR) is 70.5 cm³/mol. The van der Waals surface area contributed by atoms with Crippen LogP contribution in [-0.2, 0) is 0 Å². The second kappa shape index (κ2) is 5.07. The van der Waals surface area contributed by atoms with Crippen LogP contribution >= 0.6 is 11.6 Å². The molecule has 1 unspecified atom stereocenters. The zero-order valence-corrected chi connectivity index (χ0v) is 10.7. The number of nitrogens with zero attached hydrogens (tertiary/aromatic N) is 1. The fraction of sp³-hybridized carbons (Fsp3) is 0.538. The molecule has 0 saturated carbocycles. The zero-order chi connectivity index (χ0) is 11.5. The third-order valence-electron chi connectivity index (χ3n) is 3.19. The van der Waals surface area contributed by atoms with Crippen LogP contribution in [0.4, 0.5) is 5.69 Å². The smallest absolute Gasteiger partial charge is 0.0426 e. The van der Waals surface area contributed by atoms with Gasteiger partial charge in [-0.05, 0) is 37.6 Å². The minimum Gasteiger partial charge on any atom is -0.370 e. The van der Waals surface area contributed by atoms with Crippen molar-refractivity contribution in [3.8, 4) is 0 Å². The Balaban J connectivity index is 2.11. The Bertz CT molecular complexity index is 365.